The molecule has 4 heteroatoms. The van der Waals surface area contributed by atoms with Crippen LogP contribution in [0.2, 0.25) is 5.02 Å². The van der Waals surface area contributed by atoms with Crippen LogP contribution in [-0.2, 0) is 6.42 Å². The third-order valence-corrected chi connectivity index (χ3v) is 2.48. The largest absolute Gasteiger partial charge is 0.330 e. The number of rotatable bonds is 3. The molecule has 0 atom stereocenters. The van der Waals surface area contributed by atoms with Crippen molar-refractivity contribution in [2.75, 3.05) is 6.54 Å². The molecule has 2 aromatic rings. The molecule has 0 saturated heterocycles. The van der Waals surface area contributed by atoms with Gasteiger partial charge in [0.25, 0.3) is 0 Å². The molecular weight excluding hydrogens is 210 g/mol. The fraction of sp³-hybridized carbons (Fsp3) is 0.182. The van der Waals surface area contributed by atoms with Crippen LogP contribution in [0.1, 0.15) is 5.69 Å². The first kappa shape index (κ1) is 10.2. The number of nitrogens with one attached hydrogen (secondary N) is 1. The van der Waals surface area contributed by atoms with Gasteiger partial charge >= 0.3 is 0 Å². The Bertz CT molecular complexity index is 451. The van der Waals surface area contributed by atoms with Gasteiger partial charge in [0, 0.05) is 22.7 Å². The summed E-state index contributed by atoms with van der Waals surface area (Å²) in [5, 5.41) is 7.70. The highest BCUT2D eigenvalue weighted by Gasteiger charge is 2.06. The van der Waals surface area contributed by atoms with Gasteiger partial charge in [-0.15, -0.1) is 0 Å². The molecule has 0 radical (unpaired) electrons. The van der Waals surface area contributed by atoms with E-state index in [4.69, 9.17) is 17.3 Å². The third kappa shape index (κ3) is 2.19. The van der Waals surface area contributed by atoms with E-state index < -0.39 is 0 Å². The first-order valence-electron chi connectivity index (χ1n) is 4.79. The minimum atomic E-state index is 0.607. The monoisotopic (exact) mass is 221 g/mol. The highest BCUT2D eigenvalue weighted by atomic mass is 35.5. The van der Waals surface area contributed by atoms with Gasteiger partial charge < -0.3 is 5.73 Å². The second kappa shape index (κ2) is 4.47. The van der Waals surface area contributed by atoms with Gasteiger partial charge in [-0.25, -0.2) is 0 Å². The number of aromatic nitrogens is 2. The van der Waals surface area contributed by atoms with E-state index in [0.717, 1.165) is 28.3 Å². The number of benzene rings is 1. The Balaban J connectivity index is 2.40. The summed E-state index contributed by atoms with van der Waals surface area (Å²) in [6, 6.07) is 7.72. The van der Waals surface area contributed by atoms with Crippen molar-refractivity contribution >= 4 is 11.6 Å². The van der Waals surface area contributed by atoms with Crippen LogP contribution in [0.25, 0.3) is 11.1 Å². The number of nitrogens with two attached hydrogens (primary N) is 1. The van der Waals surface area contributed by atoms with E-state index in [1.807, 2.05) is 24.3 Å². The maximum Gasteiger partial charge on any atom is 0.0568 e. The Hall–Kier alpha value is -1.32. The van der Waals surface area contributed by atoms with Gasteiger partial charge in [-0.1, -0.05) is 23.7 Å². The molecule has 0 aliphatic carbocycles. The van der Waals surface area contributed by atoms with E-state index in [1.165, 1.54) is 0 Å². The van der Waals surface area contributed by atoms with Gasteiger partial charge in [0.1, 0.15) is 0 Å². The molecule has 0 spiro atoms. The zero-order valence-electron chi connectivity index (χ0n) is 8.20. The van der Waals surface area contributed by atoms with Crippen molar-refractivity contribution in [3.8, 4) is 11.1 Å². The van der Waals surface area contributed by atoms with E-state index in [9.17, 15) is 0 Å². The molecule has 0 aliphatic rings. The minimum absolute atomic E-state index is 0.607. The van der Waals surface area contributed by atoms with Gasteiger partial charge in [0.15, 0.2) is 0 Å². The summed E-state index contributed by atoms with van der Waals surface area (Å²) in [7, 11) is 0. The topological polar surface area (TPSA) is 54.7 Å². The molecule has 0 saturated carbocycles. The highest BCUT2D eigenvalue weighted by Crippen LogP contribution is 2.24. The minimum Gasteiger partial charge on any atom is -0.330 e. The van der Waals surface area contributed by atoms with Gasteiger partial charge in [-0.3, -0.25) is 5.10 Å². The van der Waals surface area contributed by atoms with Crippen molar-refractivity contribution in [3.05, 3.63) is 41.2 Å². The Morgan fingerprint density at radius 3 is 3.00 bits per heavy atom. The molecule has 1 heterocycles. The lowest BCUT2D eigenvalue weighted by Crippen LogP contribution is -2.03. The molecule has 1 aromatic heterocycles. The van der Waals surface area contributed by atoms with Crippen molar-refractivity contribution in [2.24, 2.45) is 5.73 Å². The Morgan fingerprint density at radius 1 is 1.40 bits per heavy atom. The molecule has 0 amide bonds. The van der Waals surface area contributed by atoms with E-state index in [-0.39, 0.29) is 0 Å². The van der Waals surface area contributed by atoms with Crippen LogP contribution < -0.4 is 5.73 Å². The molecule has 0 fully saturated rings. The summed E-state index contributed by atoms with van der Waals surface area (Å²) < 4.78 is 0. The van der Waals surface area contributed by atoms with Gasteiger partial charge in [0.2, 0.25) is 0 Å². The second-order valence-corrected chi connectivity index (χ2v) is 3.75. The quantitative estimate of drug-likeness (QED) is 0.835. The van der Waals surface area contributed by atoms with Crippen molar-refractivity contribution in [2.45, 2.75) is 6.42 Å². The number of nitrogens with zero attached hydrogens (tertiary/aromatic N) is 1. The standard InChI is InChI=1S/C11H12ClN3/c12-9-3-1-2-8(6-9)10-7-14-15-11(10)4-5-13/h1-3,6-7H,4-5,13H2,(H,14,15). The molecule has 0 aliphatic heterocycles. The van der Waals surface area contributed by atoms with Crippen molar-refractivity contribution < 1.29 is 0 Å². The molecule has 15 heavy (non-hydrogen) atoms. The number of H-pyrrole nitrogens is 1. The first-order valence-corrected chi connectivity index (χ1v) is 5.17. The van der Waals surface area contributed by atoms with E-state index in [2.05, 4.69) is 10.2 Å². The van der Waals surface area contributed by atoms with Crippen LogP contribution in [0.5, 0.6) is 0 Å². The maximum atomic E-state index is 5.94. The van der Waals surface area contributed by atoms with Crippen LogP contribution >= 0.6 is 11.6 Å². The predicted molar refractivity (Wildman–Crippen MR) is 61.8 cm³/mol. The summed E-state index contributed by atoms with van der Waals surface area (Å²) in [6.45, 7) is 0.607. The maximum absolute atomic E-state index is 5.94. The lowest BCUT2D eigenvalue weighted by molar-refractivity contribution is 0.902. The molecule has 0 bridgehead atoms. The average molecular weight is 222 g/mol. The second-order valence-electron chi connectivity index (χ2n) is 3.31. The smallest absolute Gasteiger partial charge is 0.0568 e. The number of halogens is 1. The lowest BCUT2D eigenvalue weighted by atomic mass is 10.1. The summed E-state index contributed by atoms with van der Waals surface area (Å²) in [4.78, 5) is 0. The molecule has 3 N–H and O–H groups in total. The molecule has 3 nitrogen and oxygen atoms in total. The fourth-order valence-corrected chi connectivity index (χ4v) is 1.74. The van der Waals surface area contributed by atoms with Crippen LogP contribution in [0.15, 0.2) is 30.5 Å². The fourth-order valence-electron chi connectivity index (χ4n) is 1.55. The molecule has 2 rings (SSSR count). The average Bonchev–Trinajstić information content (AvgIpc) is 2.66. The van der Waals surface area contributed by atoms with Crippen LogP contribution in [0, 0.1) is 0 Å². The van der Waals surface area contributed by atoms with E-state index >= 15 is 0 Å². The third-order valence-electron chi connectivity index (χ3n) is 2.25. The Labute approximate surface area is 93.3 Å². The Morgan fingerprint density at radius 2 is 2.27 bits per heavy atom. The molecule has 1 aromatic carbocycles. The highest BCUT2D eigenvalue weighted by molar-refractivity contribution is 6.30. The number of hydrogen-bond acceptors (Lipinski definition) is 2. The van der Waals surface area contributed by atoms with Crippen LogP contribution in [-0.4, -0.2) is 16.7 Å². The van der Waals surface area contributed by atoms with Gasteiger partial charge in [-0.2, -0.15) is 5.10 Å². The summed E-state index contributed by atoms with van der Waals surface area (Å²) >= 11 is 5.94. The van der Waals surface area contributed by atoms with Crippen LogP contribution in [0.4, 0.5) is 0 Å². The van der Waals surface area contributed by atoms with E-state index in [0.29, 0.717) is 6.54 Å². The summed E-state index contributed by atoms with van der Waals surface area (Å²) in [5.41, 5.74) is 8.72. The predicted octanol–water partition coefficient (Wildman–Crippen LogP) is 2.23. The van der Waals surface area contributed by atoms with Crippen molar-refractivity contribution in [1.82, 2.24) is 10.2 Å². The zero-order chi connectivity index (χ0) is 10.7. The zero-order valence-corrected chi connectivity index (χ0v) is 8.96. The van der Waals surface area contributed by atoms with Gasteiger partial charge in [-0.05, 0) is 24.2 Å². The molecule has 78 valence electrons. The Kier molecular flexibility index (Phi) is 3.04. The SMILES string of the molecule is NCCc1[nH]ncc1-c1cccc(Cl)c1. The molecule has 0 unspecified atom stereocenters. The van der Waals surface area contributed by atoms with Crippen molar-refractivity contribution in [1.29, 1.82) is 0 Å². The van der Waals surface area contributed by atoms with Crippen LogP contribution in [0.3, 0.4) is 0 Å². The normalized spacial score (nSPS) is 10.5. The van der Waals surface area contributed by atoms with Crippen molar-refractivity contribution in [3.63, 3.8) is 0 Å². The number of hydrogen-bond donors (Lipinski definition) is 2. The first-order chi connectivity index (χ1) is 7.31. The number of aromatic amines is 1. The molecular formula is C11H12ClN3. The summed E-state index contributed by atoms with van der Waals surface area (Å²) in [6.07, 6.45) is 2.60. The summed E-state index contributed by atoms with van der Waals surface area (Å²) in [5.74, 6) is 0. The van der Waals surface area contributed by atoms with Gasteiger partial charge in [0.05, 0.1) is 6.20 Å². The lowest BCUT2D eigenvalue weighted by Gasteiger charge is -2.02. The van der Waals surface area contributed by atoms with E-state index in [1.54, 1.807) is 6.20 Å².